The molecule has 1 saturated carbocycles. The van der Waals surface area contributed by atoms with Gasteiger partial charge in [-0.25, -0.2) is 4.68 Å². The van der Waals surface area contributed by atoms with Gasteiger partial charge in [-0.05, 0) is 37.8 Å². The van der Waals surface area contributed by atoms with Crippen LogP contribution in [0.15, 0.2) is 33.8 Å². The van der Waals surface area contributed by atoms with Crippen LogP contribution in [0.25, 0.3) is 11.3 Å². The summed E-state index contributed by atoms with van der Waals surface area (Å²) in [5.74, 6) is 6.13. The molecule has 22 heavy (non-hydrogen) atoms. The number of nitrogens with zero attached hydrogens (tertiary/aromatic N) is 3. The van der Waals surface area contributed by atoms with Crippen LogP contribution in [0.1, 0.15) is 32.1 Å². The second-order valence-corrected chi connectivity index (χ2v) is 6.88. The molecule has 1 aromatic heterocycles. The van der Waals surface area contributed by atoms with Gasteiger partial charge in [-0.2, -0.15) is 5.10 Å². The highest BCUT2D eigenvalue weighted by Crippen LogP contribution is 2.28. The number of benzene rings is 1. The second kappa shape index (κ2) is 6.86. The maximum Gasteiger partial charge on any atom is 0.229 e. The van der Waals surface area contributed by atoms with Crippen LogP contribution in [-0.4, -0.2) is 10.4 Å². The summed E-state index contributed by atoms with van der Waals surface area (Å²) in [7, 11) is 0. The maximum atomic E-state index is 6.13. The van der Waals surface area contributed by atoms with Crippen molar-refractivity contribution in [2.75, 3.05) is 5.84 Å². The Morgan fingerprint density at radius 1 is 1.05 bits per heavy atom. The molecule has 0 bridgehead atoms. The molecule has 3 rings (SSSR count). The minimum Gasteiger partial charge on any atom is -0.336 e. The molecule has 116 valence electrons. The number of thiazole rings is 1. The second-order valence-electron chi connectivity index (χ2n) is 5.23. The number of nitrogen functional groups attached to an aromatic ring is 1. The lowest BCUT2D eigenvalue weighted by atomic mass is 9.99. The molecule has 0 radical (unpaired) electrons. The van der Waals surface area contributed by atoms with Crippen molar-refractivity contribution in [3.63, 3.8) is 0 Å². The molecule has 0 aliphatic heterocycles. The summed E-state index contributed by atoms with van der Waals surface area (Å²) in [6, 6.07) is 5.44. The highest BCUT2D eigenvalue weighted by Gasteiger charge is 2.09. The van der Waals surface area contributed by atoms with Crippen molar-refractivity contribution in [1.82, 2.24) is 4.68 Å². The van der Waals surface area contributed by atoms with E-state index in [9.17, 15) is 0 Å². The summed E-state index contributed by atoms with van der Waals surface area (Å²) in [5.41, 5.74) is 2.90. The first-order valence-electron chi connectivity index (χ1n) is 7.15. The third-order valence-electron chi connectivity index (χ3n) is 3.66. The number of hydrogen-bond acceptors (Lipinski definition) is 4. The van der Waals surface area contributed by atoms with Crippen LogP contribution in [0.5, 0.6) is 0 Å². The Hall–Kier alpha value is -1.30. The van der Waals surface area contributed by atoms with Gasteiger partial charge in [-0.1, -0.05) is 35.7 Å². The lowest BCUT2D eigenvalue weighted by Crippen LogP contribution is -2.23. The van der Waals surface area contributed by atoms with E-state index < -0.39 is 0 Å². The van der Waals surface area contributed by atoms with Gasteiger partial charge in [-0.15, -0.1) is 16.4 Å². The highest BCUT2D eigenvalue weighted by atomic mass is 35.5. The summed E-state index contributed by atoms with van der Waals surface area (Å²) in [5, 5.41) is 11.6. The first kappa shape index (κ1) is 15.6. The molecular weight excluding hydrogens is 339 g/mol. The van der Waals surface area contributed by atoms with Crippen molar-refractivity contribution in [3.05, 3.63) is 38.4 Å². The molecule has 0 amide bonds. The summed E-state index contributed by atoms with van der Waals surface area (Å²) in [4.78, 5) is 0.666. The average Bonchev–Trinajstić information content (AvgIpc) is 2.90. The fourth-order valence-corrected chi connectivity index (χ4v) is 3.50. The lowest BCUT2D eigenvalue weighted by Gasteiger charge is -2.09. The van der Waals surface area contributed by atoms with Crippen LogP contribution in [-0.2, 0) is 0 Å². The van der Waals surface area contributed by atoms with E-state index >= 15 is 0 Å². The summed E-state index contributed by atoms with van der Waals surface area (Å²) >= 11 is 13.5. The van der Waals surface area contributed by atoms with E-state index in [0.29, 0.717) is 14.8 Å². The molecule has 0 spiro atoms. The minimum absolute atomic E-state index is 0.506. The van der Waals surface area contributed by atoms with Crippen LogP contribution < -0.4 is 10.6 Å². The Kier molecular flexibility index (Phi) is 4.86. The van der Waals surface area contributed by atoms with Gasteiger partial charge in [0.1, 0.15) is 0 Å². The number of halogens is 2. The molecule has 1 aromatic carbocycles. The minimum atomic E-state index is 0.506. The fraction of sp³-hybridized carbons (Fsp3) is 0.333. The summed E-state index contributed by atoms with van der Waals surface area (Å²) in [6.07, 6.45) is 5.78. The van der Waals surface area contributed by atoms with Crippen molar-refractivity contribution in [2.45, 2.75) is 32.1 Å². The zero-order valence-corrected chi connectivity index (χ0v) is 14.3. The third kappa shape index (κ3) is 3.37. The molecule has 1 aliphatic carbocycles. The van der Waals surface area contributed by atoms with Crippen molar-refractivity contribution in [1.29, 1.82) is 0 Å². The quantitative estimate of drug-likeness (QED) is 0.628. The standard InChI is InChI=1S/C15H16Cl2N4S/c16-12-7-6-10(8-13(12)17)14-9-22-15(21(14)18)20-19-11-4-2-1-3-5-11/h6-9H,1-5,18H2. The normalized spacial score (nSPS) is 16.1. The van der Waals surface area contributed by atoms with Crippen molar-refractivity contribution >= 4 is 40.3 Å². The molecule has 1 aliphatic rings. The Bertz CT molecular complexity index is 768. The molecule has 7 heteroatoms. The summed E-state index contributed by atoms with van der Waals surface area (Å²) < 4.78 is 1.54. The Labute approximate surface area is 142 Å². The molecular formula is C15H16Cl2N4S. The van der Waals surface area contributed by atoms with Crippen molar-refractivity contribution < 1.29 is 0 Å². The van der Waals surface area contributed by atoms with Gasteiger partial charge in [-0.3, -0.25) is 0 Å². The molecule has 0 saturated heterocycles. The summed E-state index contributed by atoms with van der Waals surface area (Å²) in [6.45, 7) is 0. The Balaban J connectivity index is 1.92. The van der Waals surface area contributed by atoms with E-state index in [1.54, 1.807) is 12.1 Å². The predicted octanol–water partition coefficient (Wildman–Crippen LogP) is 4.46. The maximum absolute atomic E-state index is 6.13. The van der Waals surface area contributed by atoms with Crippen LogP contribution >= 0.6 is 34.5 Å². The van der Waals surface area contributed by atoms with E-state index in [-0.39, 0.29) is 0 Å². The van der Waals surface area contributed by atoms with Crippen LogP contribution in [0.4, 0.5) is 0 Å². The topological polar surface area (TPSA) is 55.7 Å². The molecule has 1 heterocycles. The van der Waals surface area contributed by atoms with Gasteiger partial charge in [0.2, 0.25) is 4.80 Å². The number of nitrogens with two attached hydrogens (primary N) is 1. The molecule has 0 atom stereocenters. The van der Waals surface area contributed by atoms with Crippen molar-refractivity contribution in [3.8, 4) is 11.3 Å². The predicted molar refractivity (Wildman–Crippen MR) is 94.0 cm³/mol. The van der Waals surface area contributed by atoms with Gasteiger partial charge in [0.05, 0.1) is 15.7 Å². The SMILES string of the molecule is Nn1c(-c2ccc(Cl)c(Cl)c2)csc1=NN=C1CCCCC1. The van der Waals surface area contributed by atoms with E-state index in [1.165, 1.54) is 35.3 Å². The average molecular weight is 355 g/mol. The molecule has 2 N–H and O–H groups in total. The van der Waals surface area contributed by atoms with Gasteiger partial charge in [0.15, 0.2) is 0 Å². The fourth-order valence-electron chi connectivity index (χ4n) is 2.43. The van der Waals surface area contributed by atoms with Gasteiger partial charge in [0.25, 0.3) is 0 Å². The molecule has 2 aromatic rings. The zero-order chi connectivity index (χ0) is 15.5. The van der Waals surface area contributed by atoms with Gasteiger partial charge >= 0.3 is 0 Å². The monoisotopic (exact) mass is 354 g/mol. The van der Waals surface area contributed by atoms with Crippen LogP contribution in [0, 0.1) is 0 Å². The highest BCUT2D eigenvalue weighted by molar-refractivity contribution is 7.07. The van der Waals surface area contributed by atoms with Crippen LogP contribution in [0.3, 0.4) is 0 Å². The van der Waals surface area contributed by atoms with E-state index in [1.807, 2.05) is 11.4 Å². The molecule has 0 unspecified atom stereocenters. The zero-order valence-electron chi connectivity index (χ0n) is 11.9. The van der Waals surface area contributed by atoms with E-state index in [0.717, 1.165) is 29.8 Å². The Morgan fingerprint density at radius 2 is 1.82 bits per heavy atom. The molecule has 4 nitrogen and oxygen atoms in total. The van der Waals surface area contributed by atoms with Crippen molar-refractivity contribution in [2.24, 2.45) is 10.2 Å². The van der Waals surface area contributed by atoms with E-state index in [4.69, 9.17) is 29.0 Å². The van der Waals surface area contributed by atoms with Gasteiger partial charge in [0, 0.05) is 16.7 Å². The number of rotatable bonds is 2. The molecule has 1 fully saturated rings. The third-order valence-corrected chi connectivity index (χ3v) is 5.23. The number of hydrogen-bond donors (Lipinski definition) is 1. The first-order valence-corrected chi connectivity index (χ1v) is 8.79. The van der Waals surface area contributed by atoms with E-state index in [2.05, 4.69) is 10.2 Å². The first-order chi connectivity index (χ1) is 10.6. The largest absolute Gasteiger partial charge is 0.336 e. The smallest absolute Gasteiger partial charge is 0.229 e. The number of aromatic nitrogens is 1. The van der Waals surface area contributed by atoms with Crippen LogP contribution in [0.2, 0.25) is 10.0 Å². The lowest BCUT2D eigenvalue weighted by molar-refractivity contribution is 0.663. The Morgan fingerprint density at radius 3 is 2.55 bits per heavy atom. The van der Waals surface area contributed by atoms with Gasteiger partial charge < -0.3 is 5.84 Å².